The summed E-state index contributed by atoms with van der Waals surface area (Å²) in [6.45, 7) is 11.3. The monoisotopic (exact) mass is 262 g/mol. The molecule has 0 spiro atoms. The molecule has 4 nitrogen and oxygen atoms in total. The zero-order valence-electron chi connectivity index (χ0n) is 11.7. The number of nitrogens with one attached hydrogen (secondary N) is 2. The molecule has 5 heteroatoms. The summed E-state index contributed by atoms with van der Waals surface area (Å²) in [7, 11) is 2.49. The van der Waals surface area contributed by atoms with E-state index in [1.807, 2.05) is 13.8 Å². The Hall–Kier alpha value is -0.180. The highest BCUT2D eigenvalue weighted by molar-refractivity contribution is 7.13. The van der Waals surface area contributed by atoms with Gasteiger partial charge in [-0.05, 0) is 40.5 Å². The van der Waals surface area contributed by atoms with E-state index in [9.17, 15) is 4.79 Å². The van der Waals surface area contributed by atoms with Gasteiger partial charge in [-0.3, -0.25) is 4.79 Å². The molecule has 0 aliphatic carbocycles. The first kappa shape index (κ1) is 16.8. The van der Waals surface area contributed by atoms with Gasteiger partial charge in [0.15, 0.2) is 0 Å². The molecule has 0 aromatic rings. The molecule has 0 aromatic heterocycles. The smallest absolute Gasteiger partial charge is 0.217 e. The second-order valence-corrected chi connectivity index (χ2v) is 6.04. The van der Waals surface area contributed by atoms with Gasteiger partial charge in [0.2, 0.25) is 5.91 Å². The Kier molecular flexibility index (Phi) is 7.22. The molecule has 0 aromatic carbocycles. The lowest BCUT2D eigenvalue weighted by molar-refractivity contribution is -0.120. The number of carbonyl (C=O) groups is 1. The largest absolute Gasteiger partial charge is 0.375 e. The average Bonchev–Trinajstić information content (AvgIpc) is 2.11. The predicted octanol–water partition coefficient (Wildman–Crippen LogP) is 1.86. The minimum absolute atomic E-state index is 0.00136. The van der Waals surface area contributed by atoms with Crippen molar-refractivity contribution in [3.8, 4) is 0 Å². The van der Waals surface area contributed by atoms with E-state index in [0.29, 0.717) is 6.61 Å². The Morgan fingerprint density at radius 3 is 2.29 bits per heavy atom. The highest BCUT2D eigenvalue weighted by Gasteiger charge is 2.22. The Bertz CT molecular complexity index is 243. The van der Waals surface area contributed by atoms with E-state index < -0.39 is 0 Å². The number of amides is 1. The summed E-state index contributed by atoms with van der Waals surface area (Å²) >= 11 is 0. The fraction of sp³-hybridized carbons (Fsp3) is 0.917. The molecule has 0 aliphatic heterocycles. The number of rotatable bonds is 8. The van der Waals surface area contributed by atoms with Crippen LogP contribution in [-0.2, 0) is 9.53 Å². The second-order valence-electron chi connectivity index (χ2n) is 5.63. The van der Waals surface area contributed by atoms with Gasteiger partial charge in [-0.25, -0.2) is 0 Å². The first-order chi connectivity index (χ1) is 7.68. The molecular weight excluding hydrogens is 235 g/mol. The molecule has 0 bridgehead atoms. The van der Waals surface area contributed by atoms with E-state index in [4.69, 9.17) is 4.74 Å². The van der Waals surface area contributed by atoms with Crippen molar-refractivity contribution in [1.82, 2.24) is 10.4 Å². The Morgan fingerprint density at radius 1 is 1.24 bits per heavy atom. The van der Waals surface area contributed by atoms with Crippen LogP contribution in [0, 0.1) is 0 Å². The van der Waals surface area contributed by atoms with Crippen LogP contribution in [0.5, 0.6) is 0 Å². The third-order valence-electron chi connectivity index (χ3n) is 2.61. The average molecular weight is 262 g/mol. The zero-order chi connectivity index (χ0) is 13.5. The molecule has 0 aliphatic rings. The first-order valence-electron chi connectivity index (χ1n) is 6.05. The van der Waals surface area contributed by atoms with Crippen LogP contribution in [0.25, 0.3) is 0 Å². The van der Waals surface area contributed by atoms with Crippen molar-refractivity contribution in [3.05, 3.63) is 0 Å². The van der Waals surface area contributed by atoms with Crippen molar-refractivity contribution in [2.45, 2.75) is 58.6 Å². The van der Waals surface area contributed by atoms with Crippen LogP contribution < -0.4 is 10.4 Å². The van der Waals surface area contributed by atoms with E-state index in [1.54, 1.807) is 0 Å². The lowest BCUT2D eigenvalue weighted by Crippen LogP contribution is -2.43. The lowest BCUT2D eigenvalue weighted by Gasteiger charge is -2.30. The number of hydrogen-bond acceptors (Lipinski definition) is 3. The quantitative estimate of drug-likeness (QED) is 0.656. The van der Waals surface area contributed by atoms with Gasteiger partial charge in [0.1, 0.15) is 0 Å². The van der Waals surface area contributed by atoms with Crippen molar-refractivity contribution in [3.63, 3.8) is 0 Å². The van der Waals surface area contributed by atoms with E-state index in [2.05, 4.69) is 33.6 Å². The van der Waals surface area contributed by atoms with Crippen molar-refractivity contribution < 1.29 is 9.53 Å². The van der Waals surface area contributed by atoms with Gasteiger partial charge in [-0.15, -0.1) is 0 Å². The van der Waals surface area contributed by atoms with E-state index in [1.165, 1.54) is 6.92 Å². The van der Waals surface area contributed by atoms with Crippen LogP contribution in [0.1, 0.15) is 47.5 Å². The topological polar surface area (TPSA) is 50.4 Å². The molecule has 0 fully saturated rings. The van der Waals surface area contributed by atoms with Crippen LogP contribution in [0.4, 0.5) is 0 Å². The van der Waals surface area contributed by atoms with E-state index >= 15 is 0 Å². The maximum Gasteiger partial charge on any atom is 0.217 e. The minimum atomic E-state index is -0.208. The Morgan fingerprint density at radius 2 is 1.82 bits per heavy atom. The van der Waals surface area contributed by atoms with Gasteiger partial charge in [-0.2, -0.15) is 0 Å². The van der Waals surface area contributed by atoms with Crippen LogP contribution in [0.3, 0.4) is 0 Å². The summed E-state index contributed by atoms with van der Waals surface area (Å²) < 4.78 is 5.85. The molecule has 0 radical (unpaired) electrons. The van der Waals surface area contributed by atoms with Gasteiger partial charge >= 0.3 is 0 Å². The molecule has 0 rings (SSSR count). The second kappa shape index (κ2) is 7.30. The molecule has 1 amide bonds. The Labute approximate surface area is 108 Å². The highest BCUT2D eigenvalue weighted by Crippen LogP contribution is 2.16. The SMILES string of the molecule is CC(=O)NC(C)(C)CCOC(C)(C)CCNP. The van der Waals surface area contributed by atoms with E-state index in [0.717, 1.165) is 19.4 Å². The van der Waals surface area contributed by atoms with Gasteiger partial charge in [0.25, 0.3) is 0 Å². The fourth-order valence-corrected chi connectivity index (χ4v) is 1.71. The van der Waals surface area contributed by atoms with Crippen molar-refractivity contribution in [2.75, 3.05) is 13.2 Å². The molecular formula is C12H27N2O2P. The van der Waals surface area contributed by atoms with Gasteiger partial charge < -0.3 is 15.1 Å². The summed E-state index contributed by atoms with van der Waals surface area (Å²) in [5.74, 6) is 0.00136. The van der Waals surface area contributed by atoms with Gasteiger partial charge in [0, 0.05) is 25.6 Å². The molecule has 0 saturated heterocycles. The van der Waals surface area contributed by atoms with E-state index in [-0.39, 0.29) is 17.0 Å². The molecule has 0 saturated carbocycles. The van der Waals surface area contributed by atoms with Crippen LogP contribution >= 0.6 is 9.39 Å². The maximum absolute atomic E-state index is 11.0. The van der Waals surface area contributed by atoms with Crippen LogP contribution in [0.2, 0.25) is 0 Å². The first-order valence-corrected chi connectivity index (χ1v) is 6.62. The van der Waals surface area contributed by atoms with Gasteiger partial charge in [0.05, 0.1) is 5.60 Å². The van der Waals surface area contributed by atoms with Crippen LogP contribution in [-0.4, -0.2) is 30.2 Å². The molecule has 1 atom stereocenters. The normalized spacial score (nSPS) is 12.6. The summed E-state index contributed by atoms with van der Waals surface area (Å²) in [5, 5.41) is 5.95. The molecule has 17 heavy (non-hydrogen) atoms. The third kappa shape index (κ3) is 9.51. The molecule has 102 valence electrons. The summed E-state index contributed by atoms with van der Waals surface area (Å²) in [5.41, 5.74) is -0.337. The molecule has 0 heterocycles. The van der Waals surface area contributed by atoms with Crippen molar-refractivity contribution in [2.24, 2.45) is 0 Å². The van der Waals surface area contributed by atoms with Crippen molar-refractivity contribution >= 4 is 15.3 Å². The molecule has 1 unspecified atom stereocenters. The number of ether oxygens (including phenoxy) is 1. The number of hydrogen-bond donors (Lipinski definition) is 2. The zero-order valence-corrected chi connectivity index (χ0v) is 12.9. The lowest BCUT2D eigenvalue weighted by atomic mass is 10.0. The number of carbonyl (C=O) groups excluding carboxylic acids is 1. The Balaban J connectivity index is 3.92. The summed E-state index contributed by atoms with van der Waals surface area (Å²) in [4.78, 5) is 11.0. The summed E-state index contributed by atoms with van der Waals surface area (Å²) in [6, 6.07) is 0. The maximum atomic E-state index is 11.0. The predicted molar refractivity (Wildman–Crippen MR) is 74.9 cm³/mol. The van der Waals surface area contributed by atoms with Crippen LogP contribution in [0.15, 0.2) is 0 Å². The minimum Gasteiger partial charge on any atom is -0.375 e. The third-order valence-corrected chi connectivity index (χ3v) is 2.89. The molecule has 2 N–H and O–H groups in total. The summed E-state index contributed by atoms with van der Waals surface area (Å²) in [6.07, 6.45) is 1.77. The highest BCUT2D eigenvalue weighted by atomic mass is 31.0. The van der Waals surface area contributed by atoms with Gasteiger partial charge in [-0.1, -0.05) is 9.39 Å². The standard InChI is InChI=1S/C12H27N2O2P/c1-10(15)14-11(2,3)7-9-16-12(4,5)6-8-13-17/h13H,6-9,17H2,1-5H3,(H,14,15). The van der Waals surface area contributed by atoms with Crippen molar-refractivity contribution in [1.29, 1.82) is 0 Å². The fourth-order valence-electron chi connectivity index (χ4n) is 1.57.